The van der Waals surface area contributed by atoms with Gasteiger partial charge in [-0.1, -0.05) is 11.6 Å². The van der Waals surface area contributed by atoms with Gasteiger partial charge in [0.1, 0.15) is 11.6 Å². The molecule has 1 aromatic heterocycles. The zero-order valence-corrected chi connectivity index (χ0v) is 12.5. The molecule has 1 amide bonds. The van der Waals surface area contributed by atoms with Crippen LogP contribution in [0.5, 0.6) is 0 Å². The van der Waals surface area contributed by atoms with Crippen LogP contribution in [-0.4, -0.2) is 40.9 Å². The molecular formula is C13H14ClF3N2O4. The number of pyridine rings is 1. The van der Waals surface area contributed by atoms with Gasteiger partial charge in [-0.3, -0.25) is 9.59 Å². The third kappa shape index (κ3) is 4.46. The summed E-state index contributed by atoms with van der Waals surface area (Å²) in [6.45, 7) is -0.201. The quantitative estimate of drug-likeness (QED) is 0.841. The summed E-state index contributed by atoms with van der Waals surface area (Å²) in [5.74, 6) is -0.725. The number of hydrogen-bond donors (Lipinski definition) is 2. The predicted molar refractivity (Wildman–Crippen MR) is 74.1 cm³/mol. The lowest BCUT2D eigenvalue weighted by Crippen LogP contribution is -2.50. The molecule has 0 bridgehead atoms. The molecule has 2 N–H and O–H groups in total. The molecule has 10 heteroatoms. The van der Waals surface area contributed by atoms with Gasteiger partial charge in [0.25, 0.3) is 5.56 Å². The van der Waals surface area contributed by atoms with Gasteiger partial charge in [-0.05, 0) is 12.5 Å². The highest BCUT2D eigenvalue weighted by Gasteiger charge is 2.32. The summed E-state index contributed by atoms with van der Waals surface area (Å²) in [7, 11) is 0. The molecule has 2 rings (SSSR count). The molecule has 0 saturated carbocycles. The van der Waals surface area contributed by atoms with Gasteiger partial charge in [-0.15, -0.1) is 0 Å². The topological polar surface area (TPSA) is 80.6 Å². The molecule has 1 aliphatic heterocycles. The Balaban J connectivity index is 2.14. The molecule has 0 radical (unpaired) electrons. The maximum Gasteiger partial charge on any atom is 0.417 e. The number of alkyl halides is 3. The summed E-state index contributed by atoms with van der Waals surface area (Å²) < 4.78 is 43.8. The summed E-state index contributed by atoms with van der Waals surface area (Å²) in [5, 5.41) is 11.5. The Morgan fingerprint density at radius 2 is 2.22 bits per heavy atom. The van der Waals surface area contributed by atoms with Gasteiger partial charge in [-0.2, -0.15) is 13.2 Å². The van der Waals surface area contributed by atoms with E-state index in [1.807, 2.05) is 0 Å². The second-order valence-electron chi connectivity index (χ2n) is 5.11. The maximum atomic E-state index is 12.7. The van der Waals surface area contributed by atoms with Gasteiger partial charge in [0.15, 0.2) is 0 Å². The highest BCUT2D eigenvalue weighted by molar-refractivity contribution is 6.30. The number of aliphatic hydroxyl groups excluding tert-OH is 1. The van der Waals surface area contributed by atoms with E-state index in [1.54, 1.807) is 0 Å². The van der Waals surface area contributed by atoms with Crippen LogP contribution in [0.3, 0.4) is 0 Å². The van der Waals surface area contributed by atoms with Crippen molar-refractivity contribution in [1.29, 1.82) is 0 Å². The maximum absolute atomic E-state index is 12.7. The van der Waals surface area contributed by atoms with E-state index in [4.69, 9.17) is 16.3 Å². The number of amides is 1. The summed E-state index contributed by atoms with van der Waals surface area (Å²) in [5.41, 5.74) is -2.04. The molecule has 1 aliphatic rings. The number of carbonyl (C=O) groups is 1. The van der Waals surface area contributed by atoms with E-state index in [0.717, 1.165) is 0 Å². The minimum Gasteiger partial charge on any atom is -0.391 e. The number of hydrogen-bond acceptors (Lipinski definition) is 4. The highest BCUT2D eigenvalue weighted by atomic mass is 35.5. The van der Waals surface area contributed by atoms with Gasteiger partial charge in [0.05, 0.1) is 24.3 Å². The Bertz CT molecular complexity index is 647. The van der Waals surface area contributed by atoms with Crippen molar-refractivity contribution >= 4 is 17.5 Å². The number of ether oxygens (including phenoxy) is 1. The van der Waals surface area contributed by atoms with Crippen molar-refractivity contribution in [3.63, 3.8) is 0 Å². The first-order valence-corrected chi connectivity index (χ1v) is 7.08. The molecular weight excluding hydrogens is 341 g/mol. The van der Waals surface area contributed by atoms with Crippen molar-refractivity contribution in [2.45, 2.75) is 31.3 Å². The molecule has 0 unspecified atom stereocenters. The molecule has 23 heavy (non-hydrogen) atoms. The average Bonchev–Trinajstić information content (AvgIpc) is 2.45. The van der Waals surface area contributed by atoms with Gasteiger partial charge in [0, 0.05) is 12.8 Å². The van der Waals surface area contributed by atoms with E-state index < -0.39 is 46.9 Å². The first-order valence-electron chi connectivity index (χ1n) is 6.71. The standard InChI is InChI=1S/C13H14ClF3N2O4/c14-8-3-7(13(15,16)17)4-19(12(8)22)5-11(21)18-9-6-23-2-1-10(9)20/h3-4,9-10,20H,1-2,5-6H2,(H,18,21)/t9-,10-/m1/s1. The fourth-order valence-corrected chi connectivity index (χ4v) is 2.37. The Kier molecular flexibility index (Phi) is 5.33. The fraction of sp³-hybridized carbons (Fsp3) is 0.538. The van der Waals surface area contributed by atoms with Crippen molar-refractivity contribution in [2.24, 2.45) is 0 Å². The molecule has 1 aromatic rings. The lowest BCUT2D eigenvalue weighted by atomic mass is 10.1. The normalized spacial score (nSPS) is 22.0. The number of aromatic nitrogens is 1. The zero-order chi connectivity index (χ0) is 17.2. The molecule has 6 nitrogen and oxygen atoms in total. The second kappa shape index (κ2) is 6.90. The lowest BCUT2D eigenvalue weighted by molar-refractivity contribution is -0.138. The predicted octanol–water partition coefficient (Wildman–Crippen LogP) is 0.786. The van der Waals surface area contributed by atoms with E-state index in [0.29, 0.717) is 29.9 Å². The van der Waals surface area contributed by atoms with Crippen LogP contribution in [0, 0.1) is 0 Å². The average molecular weight is 355 g/mol. The molecule has 1 fully saturated rings. The minimum atomic E-state index is -4.69. The number of rotatable bonds is 3. The van der Waals surface area contributed by atoms with Crippen LogP contribution in [0.1, 0.15) is 12.0 Å². The van der Waals surface area contributed by atoms with E-state index >= 15 is 0 Å². The second-order valence-corrected chi connectivity index (χ2v) is 5.52. The highest BCUT2D eigenvalue weighted by Crippen LogP contribution is 2.29. The summed E-state index contributed by atoms with van der Waals surface area (Å²) in [6, 6.07) is -0.162. The van der Waals surface area contributed by atoms with Crippen LogP contribution < -0.4 is 10.9 Å². The van der Waals surface area contributed by atoms with Crippen LogP contribution in [0.15, 0.2) is 17.1 Å². The Morgan fingerprint density at radius 3 is 2.83 bits per heavy atom. The summed E-state index contributed by atoms with van der Waals surface area (Å²) in [4.78, 5) is 23.6. The van der Waals surface area contributed by atoms with Crippen molar-refractivity contribution in [1.82, 2.24) is 9.88 Å². The number of nitrogens with zero attached hydrogens (tertiary/aromatic N) is 1. The van der Waals surface area contributed by atoms with E-state index in [9.17, 15) is 27.9 Å². The van der Waals surface area contributed by atoms with Crippen LogP contribution >= 0.6 is 11.6 Å². The minimum absolute atomic E-state index is 0.0884. The van der Waals surface area contributed by atoms with E-state index in [1.165, 1.54) is 0 Å². The van der Waals surface area contributed by atoms with Crippen molar-refractivity contribution in [2.75, 3.05) is 13.2 Å². The number of carbonyl (C=O) groups excluding carboxylic acids is 1. The van der Waals surface area contributed by atoms with E-state index in [-0.39, 0.29) is 6.61 Å². The smallest absolute Gasteiger partial charge is 0.391 e. The molecule has 0 spiro atoms. The van der Waals surface area contributed by atoms with Crippen LogP contribution in [-0.2, 0) is 22.3 Å². The molecule has 128 valence electrons. The molecule has 2 heterocycles. The fourth-order valence-electron chi connectivity index (χ4n) is 2.14. The molecule has 0 aromatic carbocycles. The summed E-state index contributed by atoms with van der Waals surface area (Å²) >= 11 is 5.50. The number of nitrogens with one attached hydrogen (secondary N) is 1. The molecule has 2 atom stereocenters. The van der Waals surface area contributed by atoms with Gasteiger partial charge >= 0.3 is 6.18 Å². The zero-order valence-electron chi connectivity index (χ0n) is 11.8. The van der Waals surface area contributed by atoms with Crippen molar-refractivity contribution < 1.29 is 27.8 Å². The third-order valence-electron chi connectivity index (χ3n) is 3.35. The van der Waals surface area contributed by atoms with Gasteiger partial charge < -0.3 is 19.7 Å². The Morgan fingerprint density at radius 1 is 1.52 bits per heavy atom. The number of halogens is 4. The first-order chi connectivity index (χ1) is 10.7. The Labute approximate surface area is 133 Å². The van der Waals surface area contributed by atoms with Crippen molar-refractivity contribution in [3.8, 4) is 0 Å². The van der Waals surface area contributed by atoms with Crippen LogP contribution in [0.4, 0.5) is 13.2 Å². The van der Waals surface area contributed by atoms with Gasteiger partial charge in [0.2, 0.25) is 5.91 Å². The monoisotopic (exact) mass is 354 g/mol. The Hall–Kier alpha value is -1.58. The molecule has 0 aliphatic carbocycles. The lowest BCUT2D eigenvalue weighted by Gasteiger charge is -2.28. The SMILES string of the molecule is O=C(Cn1cc(C(F)(F)F)cc(Cl)c1=O)N[C@@H]1COCC[C@H]1O. The van der Waals surface area contributed by atoms with E-state index in [2.05, 4.69) is 5.32 Å². The summed E-state index contributed by atoms with van der Waals surface area (Å²) in [6.07, 6.45) is -4.64. The first kappa shape index (κ1) is 17.8. The number of aliphatic hydroxyl groups is 1. The van der Waals surface area contributed by atoms with Gasteiger partial charge in [-0.25, -0.2) is 0 Å². The van der Waals surface area contributed by atoms with Crippen LogP contribution in [0.25, 0.3) is 0 Å². The van der Waals surface area contributed by atoms with Crippen LogP contribution in [0.2, 0.25) is 5.02 Å². The molecule has 1 saturated heterocycles. The third-order valence-corrected chi connectivity index (χ3v) is 3.62. The largest absolute Gasteiger partial charge is 0.417 e. The van der Waals surface area contributed by atoms with Crippen molar-refractivity contribution in [3.05, 3.63) is 33.2 Å².